The van der Waals surface area contributed by atoms with Crippen molar-refractivity contribution < 1.29 is 78.8 Å². The number of thioether (sulfide) groups is 1. The van der Waals surface area contributed by atoms with E-state index >= 15 is 8.78 Å². The molecule has 0 bridgehead atoms. The number of carbonyl (C=O) groups is 4. The number of halogens is 3. The third-order valence-electron chi connectivity index (χ3n) is 12.7. The minimum absolute atomic E-state index is 0.0671. The van der Waals surface area contributed by atoms with Crippen LogP contribution in [0.5, 0.6) is 0 Å². The van der Waals surface area contributed by atoms with E-state index in [1.807, 2.05) is 0 Å². The summed E-state index contributed by atoms with van der Waals surface area (Å²) >= 11 is 0.280. The molecule has 20 heteroatoms. The van der Waals surface area contributed by atoms with E-state index in [4.69, 9.17) is 23.3 Å². The van der Waals surface area contributed by atoms with Gasteiger partial charge in [-0.15, -0.1) is 5.92 Å². The van der Waals surface area contributed by atoms with E-state index in [0.29, 0.717) is 6.42 Å². The van der Waals surface area contributed by atoms with E-state index in [1.54, 1.807) is 13.8 Å². The number of hydrogen-bond acceptors (Lipinski definition) is 13. The summed E-state index contributed by atoms with van der Waals surface area (Å²) in [6.45, 7) is 4.06. The normalized spacial score (nSPS) is 37.2. The molecule has 2 N–H and O–H groups in total. The van der Waals surface area contributed by atoms with Gasteiger partial charge in [0.25, 0.3) is 0 Å². The van der Waals surface area contributed by atoms with Crippen molar-refractivity contribution in [2.24, 2.45) is 28.6 Å². The molecule has 0 radical (unpaired) electrons. The molecule has 3 unspecified atom stereocenters. The van der Waals surface area contributed by atoms with Crippen LogP contribution >= 0.6 is 27.4 Å². The van der Waals surface area contributed by atoms with Gasteiger partial charge in [-0.1, -0.05) is 39.2 Å². The van der Waals surface area contributed by atoms with Gasteiger partial charge in [0, 0.05) is 41.9 Å². The first kappa shape index (κ1) is 47.9. The van der Waals surface area contributed by atoms with Gasteiger partial charge in [0.15, 0.2) is 29.6 Å². The van der Waals surface area contributed by atoms with Crippen LogP contribution in [0.1, 0.15) is 98.3 Å². The zero-order valence-electron chi connectivity index (χ0n) is 33.5. The van der Waals surface area contributed by atoms with Crippen molar-refractivity contribution in [3.63, 3.8) is 0 Å². The molecule has 0 aromatic carbocycles. The summed E-state index contributed by atoms with van der Waals surface area (Å²) in [5.41, 5.74) is -8.12. The molecule has 330 valence electrons. The van der Waals surface area contributed by atoms with E-state index in [2.05, 4.69) is 16.2 Å². The second kappa shape index (κ2) is 19.1. The molecule has 0 aliphatic heterocycles. The summed E-state index contributed by atoms with van der Waals surface area (Å²) in [4.78, 5) is 72.2. The maximum absolute atomic E-state index is 18.5. The Bertz CT molecular complexity index is 1850. The van der Waals surface area contributed by atoms with Crippen LogP contribution in [-0.4, -0.2) is 88.1 Å². The van der Waals surface area contributed by atoms with Gasteiger partial charge in [-0.3, -0.25) is 28.2 Å². The Morgan fingerprint density at radius 2 is 1.78 bits per heavy atom. The number of alkyl halides is 3. The van der Waals surface area contributed by atoms with Crippen LogP contribution in [0.15, 0.2) is 23.8 Å². The molecule has 5 aliphatic carbocycles. The summed E-state index contributed by atoms with van der Waals surface area (Å²) in [6, 6.07) is -1.16. The van der Waals surface area contributed by atoms with Crippen LogP contribution in [0.2, 0.25) is 0 Å². The number of rotatable bonds is 18. The molecule has 3 fully saturated rings. The van der Waals surface area contributed by atoms with Gasteiger partial charge < -0.3 is 24.0 Å². The molecule has 3 saturated carbocycles. The van der Waals surface area contributed by atoms with Crippen molar-refractivity contribution in [1.29, 1.82) is 0 Å². The monoisotopic (exact) mass is 896 g/mol. The first-order chi connectivity index (χ1) is 27.7. The second-order valence-corrected chi connectivity index (χ2v) is 20.1. The standard InChI is InChI=1S/C39H53F3O14P2S/c1-5-34(45)55-39(35(46)59-23-40)25(2)18-29-30-20-32(41)31-19-26(43)15-16-36(31,3)38(30,42)33(21-37(29,39)4)52-24-54-58(49,50)56-57(47,48)53-17-11-12-27(44)22-51-28-13-9-7-6-8-10-14-28/h15-16,19,25,28-30,32-33H,5-9,11-13,17-18,20-24H2,1-4H3,(H,47,48)(H,49,50)/t25-,28?,29+,30+,32+,33+,36+,37+,38+,39+/m1/s1. The van der Waals surface area contributed by atoms with Crippen molar-refractivity contribution in [2.75, 3.05) is 26.0 Å². The molecule has 0 saturated heterocycles. The molecule has 14 nitrogen and oxygen atoms in total. The Morgan fingerprint density at radius 3 is 2.49 bits per heavy atom. The van der Waals surface area contributed by atoms with Crippen molar-refractivity contribution in [3.8, 4) is 11.8 Å². The molecule has 0 amide bonds. The first-order valence-electron chi connectivity index (χ1n) is 19.8. The summed E-state index contributed by atoms with van der Waals surface area (Å²) in [6.07, 6.45) is 2.69. The molecule has 0 heterocycles. The minimum atomic E-state index is -5.51. The summed E-state index contributed by atoms with van der Waals surface area (Å²) in [5.74, 6) is 1.40. The Morgan fingerprint density at radius 1 is 1.05 bits per heavy atom. The molecule has 0 aromatic heterocycles. The van der Waals surface area contributed by atoms with Crippen molar-refractivity contribution in [2.45, 2.75) is 128 Å². The molecule has 5 rings (SSSR count). The molecule has 12 atom stereocenters. The lowest BCUT2D eigenvalue weighted by Gasteiger charge is -2.63. The SMILES string of the molecule is CCC(=O)O[C@]1(C(=O)SCF)[C@H](C)C[C@H]2[C@@H]3C[C@H](F)C4=CC(=O)C=C[C@]4(C)[C@@]3(F)[C@@H](OCOP(=O)(O)OP(=O)(O)OCCCC(=O)COC3C#CCCCCC3)C[C@@]21C. The van der Waals surface area contributed by atoms with Crippen LogP contribution < -0.4 is 0 Å². The highest BCUT2D eigenvalue weighted by Crippen LogP contribution is 2.72. The van der Waals surface area contributed by atoms with Crippen molar-refractivity contribution in [1.82, 2.24) is 0 Å². The third kappa shape index (κ3) is 9.75. The van der Waals surface area contributed by atoms with E-state index in [-0.39, 0.29) is 61.5 Å². The van der Waals surface area contributed by atoms with Crippen LogP contribution in [0.4, 0.5) is 13.2 Å². The average Bonchev–Trinajstić information content (AvgIpc) is 3.36. The summed E-state index contributed by atoms with van der Waals surface area (Å²) in [7, 11) is -10.8. The molecular weight excluding hydrogens is 843 g/mol. The fourth-order valence-electron chi connectivity index (χ4n) is 9.94. The van der Waals surface area contributed by atoms with Crippen LogP contribution in [-0.2, 0) is 55.9 Å². The Kier molecular flexibility index (Phi) is 15.5. The van der Waals surface area contributed by atoms with E-state index in [9.17, 15) is 42.5 Å². The lowest BCUT2D eigenvalue weighted by atomic mass is 9.44. The summed E-state index contributed by atoms with van der Waals surface area (Å²) < 4.78 is 106. The van der Waals surface area contributed by atoms with E-state index in [0.717, 1.165) is 37.8 Å². The highest BCUT2D eigenvalue weighted by Gasteiger charge is 2.78. The van der Waals surface area contributed by atoms with E-state index < -0.39 is 117 Å². The maximum atomic E-state index is 18.5. The summed E-state index contributed by atoms with van der Waals surface area (Å²) in [5, 5.41) is -0.826. The number of allylic oxidation sites excluding steroid dienone is 4. The lowest BCUT2D eigenvalue weighted by molar-refractivity contribution is -0.248. The maximum Gasteiger partial charge on any atom is 0.483 e. The van der Waals surface area contributed by atoms with Gasteiger partial charge in [-0.2, -0.15) is 4.31 Å². The number of esters is 1. The highest BCUT2D eigenvalue weighted by molar-refractivity contribution is 8.13. The predicted molar refractivity (Wildman–Crippen MR) is 207 cm³/mol. The molecular formula is C39H53F3O14P2S. The molecule has 0 spiro atoms. The number of carbonyl (C=O) groups excluding carboxylic acids is 4. The quantitative estimate of drug-likeness (QED) is 0.0454. The zero-order chi connectivity index (χ0) is 43.4. The smallest absolute Gasteiger partial charge is 0.449 e. The van der Waals surface area contributed by atoms with Gasteiger partial charge in [-0.25, -0.2) is 22.3 Å². The van der Waals surface area contributed by atoms with Crippen molar-refractivity contribution >= 4 is 50.1 Å². The van der Waals surface area contributed by atoms with Gasteiger partial charge in [-0.05, 0) is 87.3 Å². The van der Waals surface area contributed by atoms with Gasteiger partial charge in [0.1, 0.15) is 24.9 Å². The Hall–Kier alpha value is -2.16. The third-order valence-corrected chi connectivity index (χ3v) is 16.0. The zero-order valence-corrected chi connectivity index (χ0v) is 36.1. The second-order valence-electron chi connectivity index (χ2n) is 16.2. The largest absolute Gasteiger partial charge is 0.483 e. The average molecular weight is 897 g/mol. The van der Waals surface area contributed by atoms with Crippen LogP contribution in [0.25, 0.3) is 0 Å². The molecule has 5 aliphatic rings. The Labute approximate surface area is 346 Å². The number of fused-ring (bicyclic) bond motifs is 5. The van der Waals surface area contributed by atoms with Gasteiger partial charge in [0.05, 0.1) is 12.7 Å². The number of phosphoric acid groups is 2. The predicted octanol–water partition coefficient (Wildman–Crippen LogP) is 7.36. The molecule has 0 aromatic rings. The number of Topliss-reactive ketones (excluding diaryl/α,β-unsaturated/α-hetero) is 1. The number of ketones is 2. The van der Waals surface area contributed by atoms with Crippen molar-refractivity contribution in [3.05, 3.63) is 23.8 Å². The van der Waals surface area contributed by atoms with E-state index in [1.165, 1.54) is 19.9 Å². The first-order valence-corrected chi connectivity index (χ1v) is 23.8. The topological polar surface area (TPSA) is 198 Å². The van der Waals surface area contributed by atoms with Crippen LogP contribution in [0.3, 0.4) is 0 Å². The number of ether oxygens (including phenoxy) is 3. The lowest BCUT2D eigenvalue weighted by Crippen LogP contribution is -2.71. The van der Waals surface area contributed by atoms with Gasteiger partial charge >= 0.3 is 21.6 Å². The van der Waals surface area contributed by atoms with Gasteiger partial charge in [0.2, 0.25) is 5.12 Å². The molecule has 59 heavy (non-hydrogen) atoms. The fraction of sp³-hybridized carbons (Fsp3) is 0.744. The fourth-order valence-corrected chi connectivity index (χ4v) is 12.7. The minimum Gasteiger partial charge on any atom is -0.449 e. The number of hydrogen-bond donors (Lipinski definition) is 2. The van der Waals surface area contributed by atoms with Crippen LogP contribution in [0, 0.1) is 40.4 Å². The number of phosphoric ester groups is 2. The Balaban J connectivity index is 1.30. The highest BCUT2D eigenvalue weighted by atomic mass is 32.2.